The Bertz CT molecular complexity index is 784. The number of aromatic nitrogens is 3. The van der Waals surface area contributed by atoms with Crippen LogP contribution in [0.15, 0.2) is 54.6 Å². The van der Waals surface area contributed by atoms with Crippen LogP contribution in [0, 0.1) is 6.92 Å². The second-order valence-electron chi connectivity index (χ2n) is 5.46. The number of nitrogens with zero attached hydrogens (tertiary/aromatic N) is 3. The third-order valence-corrected chi connectivity index (χ3v) is 3.71. The predicted molar refractivity (Wildman–Crippen MR) is 93.1 cm³/mol. The molecule has 2 aromatic carbocycles. The Morgan fingerprint density at radius 3 is 2.46 bits per heavy atom. The molecule has 3 aromatic rings. The van der Waals surface area contributed by atoms with Gasteiger partial charge in [0.05, 0.1) is 18.9 Å². The van der Waals surface area contributed by atoms with Gasteiger partial charge in [-0.15, -0.1) is 5.10 Å². The van der Waals surface area contributed by atoms with Crippen molar-refractivity contribution in [2.24, 2.45) is 0 Å². The molecule has 0 N–H and O–H groups in total. The molecule has 5 nitrogen and oxygen atoms in total. The van der Waals surface area contributed by atoms with Crippen molar-refractivity contribution in [1.82, 2.24) is 14.8 Å². The van der Waals surface area contributed by atoms with Crippen LogP contribution in [0.5, 0.6) is 0 Å². The first kappa shape index (κ1) is 16.4. The Kier molecular flexibility index (Phi) is 5.36. The highest BCUT2D eigenvalue weighted by atomic mass is 16.5. The summed E-state index contributed by atoms with van der Waals surface area (Å²) in [5.74, 6) is 1.48. The Morgan fingerprint density at radius 1 is 0.958 bits per heavy atom. The number of para-hydroxylation sites is 1. The van der Waals surface area contributed by atoms with Crippen LogP contribution in [-0.4, -0.2) is 35.1 Å². The summed E-state index contributed by atoms with van der Waals surface area (Å²) in [6, 6.07) is 18.1. The van der Waals surface area contributed by atoms with E-state index in [4.69, 9.17) is 14.6 Å². The van der Waals surface area contributed by atoms with E-state index >= 15 is 0 Å². The molecule has 0 spiro atoms. The van der Waals surface area contributed by atoms with E-state index in [1.807, 2.05) is 53.2 Å². The van der Waals surface area contributed by atoms with Crippen LogP contribution < -0.4 is 0 Å². The number of hydrogen-bond donors (Lipinski definition) is 0. The first-order valence-corrected chi connectivity index (χ1v) is 7.93. The maximum atomic E-state index is 5.66. The van der Waals surface area contributed by atoms with Gasteiger partial charge in [0.15, 0.2) is 11.6 Å². The van der Waals surface area contributed by atoms with Gasteiger partial charge in [0.2, 0.25) is 0 Å². The zero-order valence-electron chi connectivity index (χ0n) is 14.0. The lowest BCUT2D eigenvalue weighted by atomic mass is 10.2. The molecule has 5 heteroatoms. The second kappa shape index (κ2) is 7.86. The van der Waals surface area contributed by atoms with E-state index in [0.29, 0.717) is 25.6 Å². The summed E-state index contributed by atoms with van der Waals surface area (Å²) >= 11 is 0. The second-order valence-corrected chi connectivity index (χ2v) is 5.46. The van der Waals surface area contributed by atoms with Crippen LogP contribution in [0.1, 0.15) is 11.4 Å². The van der Waals surface area contributed by atoms with Crippen molar-refractivity contribution in [1.29, 1.82) is 0 Å². The van der Waals surface area contributed by atoms with E-state index in [-0.39, 0.29) is 0 Å². The lowest BCUT2D eigenvalue weighted by Gasteiger charge is -2.09. The summed E-state index contributed by atoms with van der Waals surface area (Å²) in [7, 11) is 1.66. The van der Waals surface area contributed by atoms with Gasteiger partial charge in [0, 0.05) is 12.7 Å². The predicted octanol–water partition coefficient (Wildman–Crippen LogP) is 3.41. The summed E-state index contributed by atoms with van der Waals surface area (Å²) < 4.78 is 12.5. The standard InChI is InChI=1S/C19H21N3O2/c1-15-8-6-7-11-17(15)22-18(14-24-13-12-23-2)20-19(21-22)16-9-4-3-5-10-16/h3-11H,12-14H2,1-2H3. The molecule has 1 heterocycles. The number of ether oxygens (including phenoxy) is 2. The molecule has 3 rings (SSSR count). The van der Waals surface area contributed by atoms with E-state index < -0.39 is 0 Å². The van der Waals surface area contributed by atoms with Gasteiger partial charge in [-0.3, -0.25) is 0 Å². The zero-order valence-corrected chi connectivity index (χ0v) is 14.0. The van der Waals surface area contributed by atoms with Gasteiger partial charge in [-0.2, -0.15) is 0 Å². The Balaban J connectivity index is 1.95. The number of hydrogen-bond acceptors (Lipinski definition) is 4. The van der Waals surface area contributed by atoms with Crippen molar-refractivity contribution >= 4 is 0 Å². The van der Waals surface area contributed by atoms with E-state index in [1.165, 1.54) is 0 Å². The lowest BCUT2D eigenvalue weighted by molar-refractivity contribution is 0.0578. The third-order valence-electron chi connectivity index (χ3n) is 3.71. The molecular formula is C19H21N3O2. The monoisotopic (exact) mass is 323 g/mol. The molecule has 0 amide bonds. The maximum Gasteiger partial charge on any atom is 0.181 e. The number of benzene rings is 2. The maximum absolute atomic E-state index is 5.66. The minimum Gasteiger partial charge on any atom is -0.382 e. The van der Waals surface area contributed by atoms with Gasteiger partial charge < -0.3 is 9.47 Å². The molecule has 0 saturated carbocycles. The normalized spacial score (nSPS) is 10.9. The molecule has 0 aliphatic heterocycles. The van der Waals surface area contributed by atoms with E-state index in [9.17, 15) is 0 Å². The van der Waals surface area contributed by atoms with Crippen LogP contribution in [0.4, 0.5) is 0 Å². The highest BCUT2D eigenvalue weighted by Gasteiger charge is 2.14. The van der Waals surface area contributed by atoms with E-state index in [2.05, 4.69) is 18.0 Å². The Labute approximate surface area is 141 Å². The minimum absolute atomic E-state index is 0.386. The average molecular weight is 323 g/mol. The summed E-state index contributed by atoms with van der Waals surface area (Å²) in [5.41, 5.74) is 3.14. The largest absolute Gasteiger partial charge is 0.382 e. The first-order chi connectivity index (χ1) is 11.8. The molecule has 0 saturated heterocycles. The molecule has 0 radical (unpaired) electrons. The van der Waals surface area contributed by atoms with Crippen molar-refractivity contribution in [3.05, 3.63) is 66.0 Å². The van der Waals surface area contributed by atoms with Crippen molar-refractivity contribution < 1.29 is 9.47 Å². The van der Waals surface area contributed by atoms with Crippen molar-refractivity contribution in [3.63, 3.8) is 0 Å². The number of rotatable bonds is 7. The van der Waals surface area contributed by atoms with Crippen molar-refractivity contribution in [2.75, 3.05) is 20.3 Å². The Hall–Kier alpha value is -2.50. The molecule has 0 aliphatic rings. The van der Waals surface area contributed by atoms with Gasteiger partial charge in [-0.05, 0) is 18.6 Å². The van der Waals surface area contributed by atoms with Gasteiger partial charge in [0.1, 0.15) is 6.61 Å². The summed E-state index contributed by atoms with van der Waals surface area (Å²) in [6.45, 7) is 3.54. The molecular weight excluding hydrogens is 302 g/mol. The highest BCUT2D eigenvalue weighted by Crippen LogP contribution is 2.20. The lowest BCUT2D eigenvalue weighted by Crippen LogP contribution is -2.08. The van der Waals surface area contributed by atoms with Crippen molar-refractivity contribution in [2.45, 2.75) is 13.5 Å². The third kappa shape index (κ3) is 3.69. The molecule has 0 bridgehead atoms. The summed E-state index contributed by atoms with van der Waals surface area (Å²) in [4.78, 5) is 4.68. The van der Waals surface area contributed by atoms with Crippen LogP contribution in [0.25, 0.3) is 17.1 Å². The van der Waals surface area contributed by atoms with Crippen LogP contribution in [-0.2, 0) is 16.1 Å². The molecule has 0 unspecified atom stereocenters. The van der Waals surface area contributed by atoms with Crippen LogP contribution >= 0.6 is 0 Å². The Morgan fingerprint density at radius 2 is 1.71 bits per heavy atom. The fourth-order valence-electron chi connectivity index (χ4n) is 2.45. The fraction of sp³-hybridized carbons (Fsp3) is 0.263. The molecule has 0 aliphatic carbocycles. The molecule has 0 atom stereocenters. The number of methoxy groups -OCH3 is 1. The highest BCUT2D eigenvalue weighted by molar-refractivity contribution is 5.55. The quantitative estimate of drug-likeness (QED) is 0.625. The van der Waals surface area contributed by atoms with Gasteiger partial charge in [-0.25, -0.2) is 9.67 Å². The van der Waals surface area contributed by atoms with Crippen LogP contribution in [0.3, 0.4) is 0 Å². The summed E-state index contributed by atoms with van der Waals surface area (Å²) in [5, 5.41) is 4.70. The SMILES string of the molecule is COCCOCc1nc(-c2ccccc2)nn1-c1ccccc1C. The van der Waals surface area contributed by atoms with Gasteiger partial charge in [-0.1, -0.05) is 48.5 Å². The molecule has 1 aromatic heterocycles. The fourth-order valence-corrected chi connectivity index (χ4v) is 2.45. The average Bonchev–Trinajstić information content (AvgIpc) is 3.04. The van der Waals surface area contributed by atoms with Crippen LogP contribution in [0.2, 0.25) is 0 Å². The van der Waals surface area contributed by atoms with E-state index in [1.54, 1.807) is 7.11 Å². The smallest absolute Gasteiger partial charge is 0.181 e. The zero-order chi connectivity index (χ0) is 16.8. The van der Waals surface area contributed by atoms with Gasteiger partial charge >= 0.3 is 0 Å². The van der Waals surface area contributed by atoms with Crippen molar-refractivity contribution in [3.8, 4) is 17.1 Å². The molecule has 124 valence electrons. The topological polar surface area (TPSA) is 49.2 Å². The molecule has 24 heavy (non-hydrogen) atoms. The number of aryl methyl sites for hydroxylation is 1. The molecule has 0 fully saturated rings. The minimum atomic E-state index is 0.386. The van der Waals surface area contributed by atoms with E-state index in [0.717, 1.165) is 22.6 Å². The van der Waals surface area contributed by atoms with Gasteiger partial charge in [0.25, 0.3) is 0 Å². The first-order valence-electron chi connectivity index (χ1n) is 7.93. The summed E-state index contributed by atoms with van der Waals surface area (Å²) in [6.07, 6.45) is 0.